The summed E-state index contributed by atoms with van der Waals surface area (Å²) in [6, 6.07) is 39.4. The topological polar surface area (TPSA) is 4.93 Å². The van der Waals surface area contributed by atoms with E-state index in [1.807, 2.05) is 17.4 Å². The van der Waals surface area contributed by atoms with E-state index in [-0.39, 0.29) is 0 Å². The molecular formula is C32H21NS. The lowest BCUT2D eigenvalue weighted by atomic mass is 9.98. The van der Waals surface area contributed by atoms with Crippen molar-refractivity contribution in [1.29, 1.82) is 0 Å². The van der Waals surface area contributed by atoms with Gasteiger partial charge < -0.3 is 4.57 Å². The molecule has 7 rings (SSSR count). The van der Waals surface area contributed by atoms with Crippen molar-refractivity contribution in [3.8, 4) is 16.8 Å². The molecule has 0 atom stereocenters. The number of thiophene rings is 1. The SMILES string of the molecule is C=Cc1ccc(-c2cc3c4ccccc4n(-c4ccccc4)c3c3c2sc2ccccc23)cc1. The zero-order chi connectivity index (χ0) is 22.6. The summed E-state index contributed by atoms with van der Waals surface area (Å²) in [5.74, 6) is 0. The third-order valence-electron chi connectivity index (χ3n) is 6.75. The lowest BCUT2D eigenvalue weighted by Gasteiger charge is -2.11. The average molecular weight is 452 g/mol. The van der Waals surface area contributed by atoms with Gasteiger partial charge in [0.25, 0.3) is 0 Å². The van der Waals surface area contributed by atoms with Gasteiger partial charge in [-0.3, -0.25) is 0 Å². The Morgan fingerprint density at radius 3 is 2.18 bits per heavy atom. The molecule has 34 heavy (non-hydrogen) atoms. The molecule has 0 saturated carbocycles. The first-order valence-corrected chi connectivity index (χ1v) is 12.3. The molecule has 5 aromatic carbocycles. The van der Waals surface area contributed by atoms with Crippen LogP contribution in [0.2, 0.25) is 0 Å². The van der Waals surface area contributed by atoms with Gasteiger partial charge in [-0.25, -0.2) is 0 Å². The quantitative estimate of drug-likeness (QED) is 0.252. The van der Waals surface area contributed by atoms with Crippen LogP contribution in [0.15, 0.2) is 116 Å². The Bertz CT molecular complexity index is 1850. The van der Waals surface area contributed by atoms with E-state index in [1.54, 1.807) is 0 Å². The van der Waals surface area contributed by atoms with Gasteiger partial charge in [0.1, 0.15) is 0 Å². The maximum absolute atomic E-state index is 3.92. The van der Waals surface area contributed by atoms with Gasteiger partial charge in [-0.1, -0.05) is 91.5 Å². The number of aromatic nitrogens is 1. The zero-order valence-corrected chi connectivity index (χ0v) is 19.3. The number of hydrogen-bond donors (Lipinski definition) is 0. The largest absolute Gasteiger partial charge is 0.309 e. The Hall–Kier alpha value is -4.14. The van der Waals surface area contributed by atoms with Crippen molar-refractivity contribution < 1.29 is 0 Å². The minimum absolute atomic E-state index is 1.14. The van der Waals surface area contributed by atoms with Crippen molar-refractivity contribution in [2.75, 3.05) is 0 Å². The van der Waals surface area contributed by atoms with Crippen molar-refractivity contribution in [3.05, 3.63) is 121 Å². The zero-order valence-electron chi connectivity index (χ0n) is 18.5. The predicted molar refractivity (Wildman–Crippen MR) is 149 cm³/mol. The molecular weight excluding hydrogens is 430 g/mol. The third kappa shape index (κ3) is 2.73. The molecule has 0 N–H and O–H groups in total. The van der Waals surface area contributed by atoms with Crippen molar-refractivity contribution in [3.63, 3.8) is 0 Å². The van der Waals surface area contributed by atoms with E-state index in [2.05, 4.69) is 120 Å². The summed E-state index contributed by atoms with van der Waals surface area (Å²) in [5, 5.41) is 5.22. The lowest BCUT2D eigenvalue weighted by Crippen LogP contribution is -1.93. The normalized spacial score (nSPS) is 11.6. The van der Waals surface area contributed by atoms with Gasteiger partial charge in [-0.2, -0.15) is 0 Å². The highest BCUT2D eigenvalue weighted by Gasteiger charge is 2.21. The molecule has 0 saturated heterocycles. The molecule has 0 unspecified atom stereocenters. The molecule has 0 aliphatic carbocycles. The molecule has 0 radical (unpaired) electrons. The molecule has 2 heterocycles. The van der Waals surface area contributed by atoms with Gasteiger partial charge in [0.15, 0.2) is 0 Å². The number of benzene rings is 5. The van der Waals surface area contributed by atoms with Gasteiger partial charge in [0.2, 0.25) is 0 Å². The third-order valence-corrected chi connectivity index (χ3v) is 7.96. The minimum Gasteiger partial charge on any atom is -0.309 e. The van der Waals surface area contributed by atoms with Crippen LogP contribution in [-0.2, 0) is 0 Å². The van der Waals surface area contributed by atoms with Gasteiger partial charge in [-0.05, 0) is 41.5 Å². The molecule has 0 fully saturated rings. The molecule has 0 aliphatic heterocycles. The van der Waals surface area contributed by atoms with Crippen molar-refractivity contribution in [1.82, 2.24) is 4.57 Å². The van der Waals surface area contributed by atoms with E-state index in [4.69, 9.17) is 0 Å². The fourth-order valence-corrected chi connectivity index (χ4v) is 6.44. The second kappa shape index (κ2) is 7.44. The summed E-state index contributed by atoms with van der Waals surface area (Å²) < 4.78 is 5.09. The van der Waals surface area contributed by atoms with Crippen LogP contribution in [0.4, 0.5) is 0 Å². The summed E-state index contributed by atoms with van der Waals surface area (Å²) in [4.78, 5) is 0. The van der Waals surface area contributed by atoms with Gasteiger partial charge in [-0.15, -0.1) is 11.3 Å². The standard InChI is InChI=1S/C32H21NS/c1-2-21-16-18-22(19-17-21)26-20-27-24-12-6-8-14-28(24)33(23-10-4-3-5-11-23)31(27)30-25-13-7-9-15-29(25)34-32(26)30/h2-20H,1H2. The molecule has 160 valence electrons. The second-order valence-electron chi connectivity index (χ2n) is 8.64. The highest BCUT2D eigenvalue weighted by atomic mass is 32.1. The van der Waals surface area contributed by atoms with Crippen molar-refractivity contribution >= 4 is 59.4 Å². The van der Waals surface area contributed by atoms with E-state index in [0.717, 1.165) is 5.56 Å². The van der Waals surface area contributed by atoms with E-state index in [0.29, 0.717) is 0 Å². The second-order valence-corrected chi connectivity index (χ2v) is 9.69. The first-order valence-electron chi connectivity index (χ1n) is 11.5. The van der Waals surface area contributed by atoms with Crippen LogP contribution in [0, 0.1) is 0 Å². The van der Waals surface area contributed by atoms with Crippen LogP contribution in [-0.4, -0.2) is 4.57 Å². The molecule has 0 bridgehead atoms. The minimum atomic E-state index is 1.14. The van der Waals surface area contributed by atoms with Crippen LogP contribution in [0.1, 0.15) is 5.56 Å². The predicted octanol–water partition coefficient (Wildman–Crippen LogP) is 9.46. The van der Waals surface area contributed by atoms with E-state index < -0.39 is 0 Å². The first kappa shape index (κ1) is 19.3. The van der Waals surface area contributed by atoms with Gasteiger partial charge >= 0.3 is 0 Å². The summed E-state index contributed by atoms with van der Waals surface area (Å²) in [7, 11) is 0. The van der Waals surface area contributed by atoms with Gasteiger partial charge in [0, 0.05) is 42.2 Å². The Morgan fingerprint density at radius 1 is 0.676 bits per heavy atom. The molecule has 0 aliphatic rings. The van der Waals surface area contributed by atoms with Crippen LogP contribution in [0.25, 0.3) is 64.9 Å². The Morgan fingerprint density at radius 2 is 1.38 bits per heavy atom. The van der Waals surface area contributed by atoms with Gasteiger partial charge in [0.05, 0.1) is 11.0 Å². The Labute approximate surface area is 201 Å². The fourth-order valence-electron chi connectivity index (χ4n) is 5.20. The van der Waals surface area contributed by atoms with Crippen molar-refractivity contribution in [2.45, 2.75) is 0 Å². The molecule has 1 nitrogen and oxygen atoms in total. The number of rotatable bonds is 3. The highest BCUT2D eigenvalue weighted by molar-refractivity contribution is 7.26. The smallest absolute Gasteiger partial charge is 0.0634 e. The Balaban J connectivity index is 1.73. The summed E-state index contributed by atoms with van der Waals surface area (Å²) >= 11 is 1.89. The number of fused-ring (bicyclic) bond motifs is 7. The Kier molecular flexibility index (Phi) is 4.23. The van der Waals surface area contributed by atoms with Crippen LogP contribution in [0.5, 0.6) is 0 Å². The van der Waals surface area contributed by atoms with E-state index in [9.17, 15) is 0 Å². The summed E-state index contributed by atoms with van der Waals surface area (Å²) in [6.45, 7) is 3.92. The van der Waals surface area contributed by atoms with Crippen molar-refractivity contribution in [2.24, 2.45) is 0 Å². The van der Waals surface area contributed by atoms with Crippen LogP contribution in [0.3, 0.4) is 0 Å². The molecule has 2 heteroatoms. The van der Waals surface area contributed by atoms with E-state index >= 15 is 0 Å². The fraction of sp³-hybridized carbons (Fsp3) is 0. The molecule has 2 aromatic heterocycles. The van der Waals surface area contributed by atoms with E-state index in [1.165, 1.54) is 58.8 Å². The number of para-hydroxylation sites is 2. The number of nitrogens with zero attached hydrogens (tertiary/aromatic N) is 1. The summed E-state index contributed by atoms with van der Waals surface area (Å²) in [6.07, 6.45) is 1.90. The first-order chi connectivity index (χ1) is 16.8. The average Bonchev–Trinajstić information content (AvgIpc) is 3.45. The summed E-state index contributed by atoms with van der Waals surface area (Å²) in [5.41, 5.74) is 7.37. The monoisotopic (exact) mass is 451 g/mol. The van der Waals surface area contributed by atoms with Crippen LogP contribution >= 0.6 is 11.3 Å². The van der Waals surface area contributed by atoms with Crippen LogP contribution < -0.4 is 0 Å². The molecule has 0 amide bonds. The maximum Gasteiger partial charge on any atom is 0.0634 e. The highest BCUT2D eigenvalue weighted by Crippen LogP contribution is 2.47. The number of hydrogen-bond acceptors (Lipinski definition) is 1. The lowest BCUT2D eigenvalue weighted by molar-refractivity contribution is 1.19. The molecule has 0 spiro atoms. The maximum atomic E-state index is 3.92. The molecule has 7 aromatic rings.